The molecule has 1 aliphatic heterocycles. The summed E-state index contributed by atoms with van der Waals surface area (Å²) in [4.78, 5) is 15.0. The Bertz CT molecular complexity index is 547. The van der Waals surface area contributed by atoms with Crippen molar-refractivity contribution < 1.29 is 9.53 Å². The van der Waals surface area contributed by atoms with Crippen LogP contribution in [0.4, 0.5) is 10.5 Å². The molecule has 2 aliphatic rings. The second-order valence-electron chi connectivity index (χ2n) is 7.28. The van der Waals surface area contributed by atoms with Gasteiger partial charge in [0.1, 0.15) is 6.10 Å². The van der Waals surface area contributed by atoms with E-state index in [1.165, 1.54) is 25.7 Å². The molecule has 1 heterocycles. The highest BCUT2D eigenvalue weighted by Gasteiger charge is 2.33. The van der Waals surface area contributed by atoms with Crippen molar-refractivity contribution in [2.45, 2.75) is 70.9 Å². The molecule has 0 bridgehead atoms. The smallest absolute Gasteiger partial charge is 0.411 e. The fourth-order valence-electron chi connectivity index (χ4n) is 4.16. The minimum absolute atomic E-state index is 0.0289. The number of nitrogens with zero attached hydrogens (tertiary/aromatic N) is 1. The summed E-state index contributed by atoms with van der Waals surface area (Å²) in [5.41, 5.74) is 3.03. The van der Waals surface area contributed by atoms with Crippen LogP contribution in [0, 0.1) is 13.8 Å². The van der Waals surface area contributed by atoms with Gasteiger partial charge in [-0.2, -0.15) is 0 Å². The molecule has 1 aromatic carbocycles. The van der Waals surface area contributed by atoms with Crippen LogP contribution in [0.5, 0.6) is 0 Å². The Kier molecular flexibility index (Phi) is 5.77. The number of anilines is 1. The maximum atomic E-state index is 12.5. The first-order valence-corrected chi connectivity index (χ1v) is 9.43. The average Bonchev–Trinajstić information content (AvgIpc) is 2.60. The Morgan fingerprint density at radius 1 is 1.04 bits per heavy atom. The zero-order chi connectivity index (χ0) is 16.9. The van der Waals surface area contributed by atoms with Gasteiger partial charge in [0, 0.05) is 11.7 Å². The van der Waals surface area contributed by atoms with E-state index >= 15 is 0 Å². The summed E-state index contributed by atoms with van der Waals surface area (Å²) in [6.07, 6.45) is 8.16. The summed E-state index contributed by atoms with van der Waals surface area (Å²) in [5, 5.41) is 2.97. The predicted octanol–water partition coefficient (Wildman–Crippen LogP) is 4.65. The number of benzene rings is 1. The number of carbonyl (C=O) groups excluding carboxylic acids is 1. The molecule has 0 aromatic heterocycles. The lowest BCUT2D eigenvalue weighted by molar-refractivity contribution is 0.00173. The fraction of sp³-hybridized carbons (Fsp3) is 0.650. The molecule has 4 heteroatoms. The third-order valence-corrected chi connectivity index (χ3v) is 5.49. The molecule has 2 unspecified atom stereocenters. The third kappa shape index (κ3) is 4.10. The molecule has 1 aromatic rings. The van der Waals surface area contributed by atoms with Crippen LogP contribution in [-0.2, 0) is 4.74 Å². The number of ether oxygens (including phenoxy) is 1. The van der Waals surface area contributed by atoms with Crippen LogP contribution in [0.25, 0.3) is 0 Å². The highest BCUT2D eigenvalue weighted by molar-refractivity contribution is 5.86. The summed E-state index contributed by atoms with van der Waals surface area (Å²) in [6, 6.07) is 6.44. The summed E-state index contributed by atoms with van der Waals surface area (Å²) in [6.45, 7) is 6.34. The van der Waals surface area contributed by atoms with Gasteiger partial charge in [0.2, 0.25) is 0 Å². The van der Waals surface area contributed by atoms with Crippen LogP contribution in [0.3, 0.4) is 0 Å². The van der Waals surface area contributed by atoms with E-state index in [2.05, 4.69) is 10.2 Å². The zero-order valence-corrected chi connectivity index (χ0v) is 15.0. The molecule has 24 heavy (non-hydrogen) atoms. The molecule has 4 nitrogen and oxygen atoms in total. The van der Waals surface area contributed by atoms with Crippen molar-refractivity contribution in [3.8, 4) is 0 Å². The molecular weight excluding hydrogens is 300 g/mol. The average molecular weight is 330 g/mol. The number of hydrogen-bond donors (Lipinski definition) is 1. The number of hydrogen-bond acceptors (Lipinski definition) is 3. The molecular formula is C20H30N2O2. The van der Waals surface area contributed by atoms with Gasteiger partial charge < -0.3 is 4.74 Å². The van der Waals surface area contributed by atoms with Gasteiger partial charge in [0.05, 0.1) is 0 Å². The Labute approximate surface area is 145 Å². The normalized spacial score (nSPS) is 25.2. The summed E-state index contributed by atoms with van der Waals surface area (Å²) in [5.74, 6) is 0. The number of likely N-dealkylation sites (tertiary alicyclic amines) is 1. The number of piperidine rings is 1. The van der Waals surface area contributed by atoms with E-state index in [1.807, 2.05) is 32.0 Å². The third-order valence-electron chi connectivity index (χ3n) is 5.49. The molecule has 1 aliphatic carbocycles. The van der Waals surface area contributed by atoms with Crippen LogP contribution in [-0.4, -0.2) is 36.2 Å². The molecule has 2 fully saturated rings. The van der Waals surface area contributed by atoms with Crippen LogP contribution in [0.1, 0.15) is 56.1 Å². The van der Waals surface area contributed by atoms with E-state index < -0.39 is 0 Å². The number of carbonyl (C=O) groups is 1. The van der Waals surface area contributed by atoms with E-state index in [-0.39, 0.29) is 12.2 Å². The van der Waals surface area contributed by atoms with E-state index in [1.54, 1.807) is 0 Å². The number of para-hydroxylation sites is 1. The van der Waals surface area contributed by atoms with Crippen molar-refractivity contribution in [2.75, 3.05) is 18.4 Å². The maximum absolute atomic E-state index is 12.5. The lowest BCUT2D eigenvalue weighted by atomic mass is 9.90. The minimum atomic E-state index is -0.304. The Balaban J connectivity index is 1.63. The highest BCUT2D eigenvalue weighted by Crippen LogP contribution is 2.28. The van der Waals surface area contributed by atoms with E-state index in [9.17, 15) is 4.79 Å². The number of rotatable bonds is 3. The van der Waals surface area contributed by atoms with Crippen LogP contribution < -0.4 is 5.32 Å². The SMILES string of the molecule is Cc1cccc(C)c1NC(=O)OC1CCCCC1N1CCCCC1. The first kappa shape index (κ1) is 17.3. The van der Waals surface area contributed by atoms with Gasteiger partial charge in [-0.3, -0.25) is 10.2 Å². The molecule has 1 saturated heterocycles. The van der Waals surface area contributed by atoms with Crippen molar-refractivity contribution in [1.82, 2.24) is 4.90 Å². The Morgan fingerprint density at radius 3 is 2.42 bits per heavy atom. The topological polar surface area (TPSA) is 41.6 Å². The molecule has 0 radical (unpaired) electrons. The van der Waals surface area contributed by atoms with Crippen molar-refractivity contribution in [3.05, 3.63) is 29.3 Å². The number of amides is 1. The molecule has 3 rings (SSSR count). The lowest BCUT2D eigenvalue weighted by Gasteiger charge is -2.41. The lowest BCUT2D eigenvalue weighted by Crippen LogP contribution is -2.49. The molecule has 1 N–H and O–H groups in total. The van der Waals surface area contributed by atoms with Gasteiger partial charge in [0.15, 0.2) is 0 Å². The number of nitrogens with one attached hydrogen (secondary N) is 1. The Morgan fingerprint density at radius 2 is 1.71 bits per heavy atom. The molecule has 1 saturated carbocycles. The van der Waals surface area contributed by atoms with Gasteiger partial charge in [-0.25, -0.2) is 4.79 Å². The first-order chi connectivity index (χ1) is 11.6. The van der Waals surface area contributed by atoms with Crippen molar-refractivity contribution in [2.24, 2.45) is 0 Å². The van der Waals surface area contributed by atoms with Crippen LogP contribution in [0.2, 0.25) is 0 Å². The standard InChI is InChI=1S/C20H30N2O2/c1-15-9-8-10-16(2)19(15)21-20(23)24-18-12-5-4-11-17(18)22-13-6-3-7-14-22/h8-10,17-18H,3-7,11-14H2,1-2H3,(H,21,23). The van der Waals surface area contributed by atoms with Gasteiger partial charge in [0.25, 0.3) is 0 Å². The van der Waals surface area contributed by atoms with Crippen molar-refractivity contribution in [1.29, 1.82) is 0 Å². The van der Waals surface area contributed by atoms with Gasteiger partial charge in [-0.15, -0.1) is 0 Å². The molecule has 132 valence electrons. The van der Waals surface area contributed by atoms with Gasteiger partial charge in [-0.05, 0) is 70.2 Å². The summed E-state index contributed by atoms with van der Waals surface area (Å²) < 4.78 is 5.88. The molecule has 2 atom stereocenters. The first-order valence-electron chi connectivity index (χ1n) is 9.43. The van der Waals surface area contributed by atoms with Crippen molar-refractivity contribution >= 4 is 11.8 Å². The summed E-state index contributed by atoms with van der Waals surface area (Å²) >= 11 is 0. The van der Waals surface area contributed by atoms with E-state index in [4.69, 9.17) is 4.74 Å². The summed E-state index contributed by atoms with van der Waals surface area (Å²) in [7, 11) is 0. The fourth-order valence-corrected chi connectivity index (χ4v) is 4.16. The minimum Gasteiger partial charge on any atom is -0.444 e. The monoisotopic (exact) mass is 330 g/mol. The van der Waals surface area contributed by atoms with Crippen LogP contribution >= 0.6 is 0 Å². The largest absolute Gasteiger partial charge is 0.444 e. The van der Waals surface area contributed by atoms with Crippen molar-refractivity contribution in [3.63, 3.8) is 0 Å². The quantitative estimate of drug-likeness (QED) is 0.877. The maximum Gasteiger partial charge on any atom is 0.411 e. The van der Waals surface area contributed by atoms with Crippen LogP contribution in [0.15, 0.2) is 18.2 Å². The van der Waals surface area contributed by atoms with Gasteiger partial charge in [-0.1, -0.05) is 31.0 Å². The molecule has 0 spiro atoms. The second-order valence-corrected chi connectivity index (χ2v) is 7.28. The highest BCUT2D eigenvalue weighted by atomic mass is 16.6. The zero-order valence-electron chi connectivity index (χ0n) is 15.0. The van der Waals surface area contributed by atoms with E-state index in [0.29, 0.717) is 6.04 Å². The predicted molar refractivity (Wildman–Crippen MR) is 97.5 cm³/mol. The van der Waals surface area contributed by atoms with E-state index in [0.717, 1.165) is 49.2 Å². The van der Waals surface area contributed by atoms with Gasteiger partial charge >= 0.3 is 6.09 Å². The number of aryl methyl sites for hydroxylation is 2. The Hall–Kier alpha value is -1.55. The second kappa shape index (κ2) is 8.02. The molecule has 1 amide bonds.